The molecule has 0 aliphatic carbocycles. The van der Waals surface area contributed by atoms with E-state index in [0.29, 0.717) is 11.8 Å². The first-order chi connectivity index (χ1) is 9.78. The van der Waals surface area contributed by atoms with Crippen molar-refractivity contribution in [3.63, 3.8) is 0 Å². The van der Waals surface area contributed by atoms with Crippen molar-refractivity contribution in [3.05, 3.63) is 48.8 Å². The van der Waals surface area contributed by atoms with Crippen molar-refractivity contribution in [1.29, 1.82) is 0 Å². The number of ether oxygens (including phenoxy) is 1. The lowest BCUT2D eigenvalue weighted by atomic mass is 10.0. The Hall–Kier alpha value is -2.82. The van der Waals surface area contributed by atoms with Gasteiger partial charge in [-0.3, -0.25) is 0 Å². The first kappa shape index (κ1) is 12.2. The van der Waals surface area contributed by atoms with Crippen LogP contribution >= 0.6 is 0 Å². The van der Waals surface area contributed by atoms with Crippen LogP contribution < -0.4 is 10.5 Å². The molecule has 100 valence electrons. The number of benzene rings is 1. The second-order valence-electron chi connectivity index (χ2n) is 4.32. The molecule has 0 radical (unpaired) electrons. The summed E-state index contributed by atoms with van der Waals surface area (Å²) in [4.78, 5) is 11.2. The lowest BCUT2D eigenvalue weighted by Gasteiger charge is -2.07. The molecule has 0 bridgehead atoms. The maximum Gasteiger partial charge on any atom is 0.221 e. The fourth-order valence-electron chi connectivity index (χ4n) is 2.09. The zero-order chi connectivity index (χ0) is 13.9. The molecule has 0 unspecified atom stereocenters. The van der Waals surface area contributed by atoms with Gasteiger partial charge >= 0.3 is 0 Å². The van der Waals surface area contributed by atoms with Crippen LogP contribution in [-0.4, -0.2) is 22.1 Å². The number of nitrogen functional groups attached to an aromatic ring is 1. The first-order valence-electron chi connectivity index (χ1n) is 6.18. The molecule has 0 aliphatic rings. The highest BCUT2D eigenvalue weighted by atomic mass is 16.5. The number of aromatic nitrogens is 3. The predicted octanol–water partition coefficient (Wildman–Crippen LogP) is 2.73. The van der Waals surface area contributed by atoms with Gasteiger partial charge in [-0.1, -0.05) is 24.3 Å². The minimum absolute atomic E-state index is 0.415. The molecule has 5 nitrogen and oxygen atoms in total. The molecule has 0 fully saturated rings. The third-order valence-corrected chi connectivity index (χ3v) is 3.07. The number of aromatic amines is 1. The maximum absolute atomic E-state index is 5.58. The largest absolute Gasteiger partial charge is 0.481 e. The summed E-state index contributed by atoms with van der Waals surface area (Å²) >= 11 is 0. The number of nitrogens with zero attached hydrogens (tertiary/aromatic N) is 2. The summed E-state index contributed by atoms with van der Waals surface area (Å²) in [7, 11) is 1.62. The number of imidazole rings is 1. The van der Waals surface area contributed by atoms with Crippen LogP contribution in [0.1, 0.15) is 0 Å². The molecule has 0 aliphatic heterocycles. The molecule has 0 saturated heterocycles. The molecule has 5 heteroatoms. The Labute approximate surface area is 116 Å². The fourth-order valence-corrected chi connectivity index (χ4v) is 2.09. The summed E-state index contributed by atoms with van der Waals surface area (Å²) in [6, 6.07) is 11.9. The van der Waals surface area contributed by atoms with E-state index in [1.807, 2.05) is 36.4 Å². The minimum atomic E-state index is 0.415. The van der Waals surface area contributed by atoms with E-state index in [2.05, 4.69) is 15.0 Å². The summed E-state index contributed by atoms with van der Waals surface area (Å²) in [6.45, 7) is 0. The number of rotatable bonds is 3. The van der Waals surface area contributed by atoms with Crippen LogP contribution in [-0.2, 0) is 0 Å². The zero-order valence-electron chi connectivity index (χ0n) is 11.0. The number of methoxy groups -OCH3 is 1. The molecule has 2 aromatic heterocycles. The summed E-state index contributed by atoms with van der Waals surface area (Å²) in [5.41, 5.74) is 9.52. The fraction of sp³-hybridized carbons (Fsp3) is 0.0667. The third kappa shape index (κ3) is 2.21. The van der Waals surface area contributed by atoms with Crippen molar-refractivity contribution in [2.75, 3.05) is 12.8 Å². The van der Waals surface area contributed by atoms with Gasteiger partial charge in [-0.05, 0) is 23.3 Å². The van der Waals surface area contributed by atoms with Crippen molar-refractivity contribution in [2.24, 2.45) is 0 Å². The molecule has 1 aromatic carbocycles. The average Bonchev–Trinajstić information content (AvgIpc) is 2.94. The van der Waals surface area contributed by atoms with E-state index in [1.54, 1.807) is 19.5 Å². The standard InChI is InChI=1S/C15H14N4O/c1-20-14-12(3-2-8-17-14)10-4-6-11(7-5-10)13-9-18-15(16)19-13/h2-9H,1H3,(H3,16,18,19). The normalized spacial score (nSPS) is 10.4. The number of nitrogens with two attached hydrogens (primary N) is 1. The molecule has 2 heterocycles. The maximum atomic E-state index is 5.58. The van der Waals surface area contributed by atoms with Crippen LogP contribution in [0.2, 0.25) is 0 Å². The highest BCUT2D eigenvalue weighted by Crippen LogP contribution is 2.29. The topological polar surface area (TPSA) is 76.8 Å². The van der Waals surface area contributed by atoms with Gasteiger partial charge in [0.15, 0.2) is 5.95 Å². The molecule has 20 heavy (non-hydrogen) atoms. The number of H-pyrrole nitrogens is 1. The molecule has 3 aromatic rings. The van der Waals surface area contributed by atoms with E-state index >= 15 is 0 Å². The van der Waals surface area contributed by atoms with Crippen LogP contribution in [0.25, 0.3) is 22.4 Å². The van der Waals surface area contributed by atoms with Gasteiger partial charge in [0.05, 0.1) is 19.0 Å². The van der Waals surface area contributed by atoms with Gasteiger partial charge in [0.1, 0.15) is 0 Å². The van der Waals surface area contributed by atoms with Gasteiger partial charge in [0.2, 0.25) is 5.88 Å². The van der Waals surface area contributed by atoms with Crippen molar-refractivity contribution >= 4 is 5.95 Å². The van der Waals surface area contributed by atoms with Crippen LogP contribution in [0, 0.1) is 0 Å². The van der Waals surface area contributed by atoms with Gasteiger partial charge in [-0.15, -0.1) is 0 Å². The lowest BCUT2D eigenvalue weighted by molar-refractivity contribution is 0.399. The van der Waals surface area contributed by atoms with Crippen molar-refractivity contribution < 1.29 is 4.74 Å². The Morgan fingerprint density at radius 2 is 1.80 bits per heavy atom. The molecule has 0 saturated carbocycles. The van der Waals surface area contributed by atoms with Gasteiger partial charge in [0, 0.05) is 11.8 Å². The van der Waals surface area contributed by atoms with Crippen molar-refractivity contribution in [1.82, 2.24) is 15.0 Å². The molecule has 0 spiro atoms. The first-order valence-corrected chi connectivity index (χ1v) is 6.18. The van der Waals surface area contributed by atoms with Gasteiger partial charge in [-0.2, -0.15) is 0 Å². The van der Waals surface area contributed by atoms with Crippen LogP contribution in [0.15, 0.2) is 48.8 Å². The highest BCUT2D eigenvalue weighted by Gasteiger charge is 2.07. The summed E-state index contributed by atoms with van der Waals surface area (Å²) in [5.74, 6) is 1.03. The van der Waals surface area contributed by atoms with Crippen molar-refractivity contribution in [2.45, 2.75) is 0 Å². The summed E-state index contributed by atoms with van der Waals surface area (Å²) < 4.78 is 5.27. The summed E-state index contributed by atoms with van der Waals surface area (Å²) in [6.07, 6.45) is 3.43. The van der Waals surface area contributed by atoms with E-state index in [1.165, 1.54) is 0 Å². The number of anilines is 1. The predicted molar refractivity (Wildman–Crippen MR) is 78.2 cm³/mol. The highest BCUT2D eigenvalue weighted by molar-refractivity contribution is 5.72. The number of hydrogen-bond donors (Lipinski definition) is 2. The third-order valence-electron chi connectivity index (χ3n) is 3.07. The van der Waals surface area contributed by atoms with Crippen LogP contribution in [0.4, 0.5) is 5.95 Å². The average molecular weight is 266 g/mol. The van der Waals surface area contributed by atoms with E-state index < -0.39 is 0 Å². The Kier molecular flexibility index (Phi) is 3.09. The Bertz CT molecular complexity index is 719. The Morgan fingerprint density at radius 3 is 2.45 bits per heavy atom. The quantitative estimate of drug-likeness (QED) is 0.764. The SMILES string of the molecule is COc1ncccc1-c1ccc(-c2cnc(N)[nH]2)cc1. The molecule has 3 rings (SSSR count). The Balaban J connectivity index is 1.97. The molecular weight excluding hydrogens is 252 g/mol. The van der Waals surface area contributed by atoms with Crippen LogP contribution in [0.3, 0.4) is 0 Å². The minimum Gasteiger partial charge on any atom is -0.481 e. The van der Waals surface area contributed by atoms with Gasteiger partial charge < -0.3 is 15.5 Å². The monoisotopic (exact) mass is 266 g/mol. The van der Waals surface area contributed by atoms with E-state index in [9.17, 15) is 0 Å². The smallest absolute Gasteiger partial charge is 0.221 e. The van der Waals surface area contributed by atoms with Gasteiger partial charge in [0.25, 0.3) is 0 Å². The van der Waals surface area contributed by atoms with Gasteiger partial charge in [-0.25, -0.2) is 9.97 Å². The second-order valence-corrected chi connectivity index (χ2v) is 4.32. The van der Waals surface area contributed by atoms with E-state index in [-0.39, 0.29) is 0 Å². The Morgan fingerprint density at radius 1 is 1.05 bits per heavy atom. The second kappa shape index (κ2) is 5.05. The van der Waals surface area contributed by atoms with E-state index in [4.69, 9.17) is 10.5 Å². The molecular formula is C15H14N4O. The summed E-state index contributed by atoms with van der Waals surface area (Å²) in [5, 5.41) is 0. The molecule has 3 N–H and O–H groups in total. The lowest BCUT2D eigenvalue weighted by Crippen LogP contribution is -1.90. The number of pyridine rings is 1. The molecule has 0 atom stereocenters. The molecule has 0 amide bonds. The zero-order valence-corrected chi connectivity index (χ0v) is 11.0. The van der Waals surface area contributed by atoms with E-state index in [0.717, 1.165) is 22.4 Å². The van der Waals surface area contributed by atoms with Crippen molar-refractivity contribution in [3.8, 4) is 28.3 Å². The number of nitrogens with one attached hydrogen (secondary N) is 1. The number of hydrogen-bond acceptors (Lipinski definition) is 4. The van der Waals surface area contributed by atoms with Crippen LogP contribution in [0.5, 0.6) is 5.88 Å².